The zero-order chi connectivity index (χ0) is 11.3. The third kappa shape index (κ3) is 4.15. The fourth-order valence-corrected chi connectivity index (χ4v) is 1.85. The van der Waals surface area contributed by atoms with Crippen LogP contribution in [0.3, 0.4) is 0 Å². The van der Waals surface area contributed by atoms with Gasteiger partial charge in [0.1, 0.15) is 6.04 Å². The topological polar surface area (TPSA) is 55.8 Å². The van der Waals surface area contributed by atoms with E-state index in [9.17, 15) is 4.79 Å². The van der Waals surface area contributed by atoms with E-state index in [2.05, 4.69) is 15.1 Å². The Labute approximate surface area is 91.0 Å². The van der Waals surface area contributed by atoms with Crippen molar-refractivity contribution in [2.24, 2.45) is 0 Å². The number of carbonyl (C=O) groups is 1. The average molecular weight is 215 g/mol. The SMILES string of the molecule is CN(C)CCCN1CCNCC1C(=O)O. The van der Waals surface area contributed by atoms with Crippen LogP contribution < -0.4 is 5.32 Å². The van der Waals surface area contributed by atoms with E-state index in [-0.39, 0.29) is 6.04 Å². The lowest BCUT2D eigenvalue weighted by Crippen LogP contribution is -2.55. The first-order chi connectivity index (χ1) is 7.11. The maximum atomic E-state index is 11.0. The molecule has 0 radical (unpaired) electrons. The zero-order valence-corrected chi connectivity index (χ0v) is 9.57. The van der Waals surface area contributed by atoms with Crippen molar-refractivity contribution in [3.8, 4) is 0 Å². The molecule has 1 atom stereocenters. The van der Waals surface area contributed by atoms with Crippen molar-refractivity contribution in [1.29, 1.82) is 0 Å². The van der Waals surface area contributed by atoms with Crippen LogP contribution in [0.4, 0.5) is 0 Å². The Bertz CT molecular complexity index is 209. The molecule has 1 saturated heterocycles. The molecule has 0 amide bonds. The highest BCUT2D eigenvalue weighted by atomic mass is 16.4. The van der Waals surface area contributed by atoms with Crippen LogP contribution in [0.5, 0.6) is 0 Å². The highest BCUT2D eigenvalue weighted by Crippen LogP contribution is 2.04. The number of carboxylic acids is 1. The summed E-state index contributed by atoms with van der Waals surface area (Å²) in [5.41, 5.74) is 0. The van der Waals surface area contributed by atoms with E-state index >= 15 is 0 Å². The van der Waals surface area contributed by atoms with Gasteiger partial charge in [0.25, 0.3) is 0 Å². The summed E-state index contributed by atoms with van der Waals surface area (Å²) in [5, 5.41) is 12.1. The smallest absolute Gasteiger partial charge is 0.322 e. The molecule has 1 aliphatic heterocycles. The Kier molecular flexibility index (Phi) is 5.01. The molecule has 0 aromatic carbocycles. The molecule has 15 heavy (non-hydrogen) atoms. The number of aliphatic carboxylic acids is 1. The van der Waals surface area contributed by atoms with Gasteiger partial charge in [0.05, 0.1) is 0 Å². The minimum absolute atomic E-state index is 0.346. The van der Waals surface area contributed by atoms with Crippen molar-refractivity contribution >= 4 is 5.97 Å². The van der Waals surface area contributed by atoms with Crippen LogP contribution in [0.1, 0.15) is 6.42 Å². The first-order valence-electron chi connectivity index (χ1n) is 5.43. The van der Waals surface area contributed by atoms with E-state index in [1.165, 1.54) is 0 Å². The number of nitrogens with zero attached hydrogens (tertiary/aromatic N) is 2. The third-order valence-electron chi connectivity index (χ3n) is 2.69. The molecule has 0 saturated carbocycles. The second-order valence-electron chi connectivity index (χ2n) is 4.25. The fourth-order valence-electron chi connectivity index (χ4n) is 1.85. The van der Waals surface area contributed by atoms with Crippen LogP contribution >= 0.6 is 0 Å². The summed E-state index contributed by atoms with van der Waals surface area (Å²) < 4.78 is 0. The van der Waals surface area contributed by atoms with Gasteiger partial charge < -0.3 is 15.3 Å². The van der Waals surface area contributed by atoms with Crippen LogP contribution in [0.2, 0.25) is 0 Å². The maximum absolute atomic E-state index is 11.0. The normalized spacial score (nSPS) is 23.3. The minimum atomic E-state index is -0.716. The molecule has 5 heteroatoms. The molecular formula is C10H21N3O2. The number of nitrogens with one attached hydrogen (secondary N) is 1. The van der Waals surface area contributed by atoms with Gasteiger partial charge in [-0.15, -0.1) is 0 Å². The van der Waals surface area contributed by atoms with E-state index < -0.39 is 5.97 Å². The lowest BCUT2D eigenvalue weighted by molar-refractivity contribution is -0.143. The van der Waals surface area contributed by atoms with Crippen molar-refractivity contribution in [2.75, 3.05) is 46.8 Å². The summed E-state index contributed by atoms with van der Waals surface area (Å²) in [6, 6.07) is -0.346. The monoisotopic (exact) mass is 215 g/mol. The van der Waals surface area contributed by atoms with Gasteiger partial charge in [0.15, 0.2) is 0 Å². The molecule has 1 fully saturated rings. The molecule has 1 rings (SSSR count). The molecule has 0 aliphatic carbocycles. The molecule has 2 N–H and O–H groups in total. The Morgan fingerprint density at radius 3 is 2.93 bits per heavy atom. The van der Waals surface area contributed by atoms with Gasteiger partial charge in [-0.1, -0.05) is 0 Å². The van der Waals surface area contributed by atoms with Crippen LogP contribution in [0.15, 0.2) is 0 Å². The first-order valence-corrected chi connectivity index (χ1v) is 5.43. The molecule has 0 aromatic heterocycles. The molecule has 88 valence electrons. The van der Waals surface area contributed by atoms with E-state index in [1.807, 2.05) is 14.1 Å². The van der Waals surface area contributed by atoms with Gasteiger partial charge in [0.2, 0.25) is 0 Å². The molecule has 1 heterocycles. The van der Waals surface area contributed by atoms with Crippen LogP contribution in [-0.2, 0) is 4.79 Å². The molecule has 0 bridgehead atoms. The molecule has 0 spiro atoms. The number of carboxylic acid groups (broad SMARTS) is 1. The van der Waals surface area contributed by atoms with Gasteiger partial charge in [-0.05, 0) is 27.1 Å². The largest absolute Gasteiger partial charge is 0.480 e. The summed E-state index contributed by atoms with van der Waals surface area (Å²) in [6.07, 6.45) is 1.02. The van der Waals surface area contributed by atoms with E-state index in [4.69, 9.17) is 5.11 Å². The molecule has 1 unspecified atom stereocenters. The average Bonchev–Trinajstić information content (AvgIpc) is 2.17. The first kappa shape index (κ1) is 12.4. The molecule has 0 aromatic rings. The second-order valence-corrected chi connectivity index (χ2v) is 4.25. The van der Waals surface area contributed by atoms with Crippen LogP contribution in [0, 0.1) is 0 Å². The predicted octanol–water partition coefficient (Wildman–Crippen LogP) is -0.703. The summed E-state index contributed by atoms with van der Waals surface area (Å²) in [4.78, 5) is 15.2. The lowest BCUT2D eigenvalue weighted by atomic mass is 10.2. The van der Waals surface area contributed by atoms with Crippen molar-refractivity contribution in [2.45, 2.75) is 12.5 Å². The van der Waals surface area contributed by atoms with Crippen molar-refractivity contribution < 1.29 is 9.90 Å². The lowest BCUT2D eigenvalue weighted by Gasteiger charge is -2.33. The standard InChI is InChI=1S/C10H21N3O2/c1-12(2)5-3-6-13-7-4-11-8-9(13)10(14)15/h9,11H,3-8H2,1-2H3,(H,14,15). The Hall–Kier alpha value is -0.650. The number of piperazine rings is 1. The number of hydrogen-bond acceptors (Lipinski definition) is 4. The second kappa shape index (κ2) is 6.05. The number of rotatable bonds is 5. The Balaban J connectivity index is 2.33. The Morgan fingerprint density at radius 1 is 1.60 bits per heavy atom. The highest BCUT2D eigenvalue weighted by Gasteiger charge is 2.27. The molecule has 1 aliphatic rings. The third-order valence-corrected chi connectivity index (χ3v) is 2.69. The van der Waals surface area contributed by atoms with Gasteiger partial charge in [-0.2, -0.15) is 0 Å². The van der Waals surface area contributed by atoms with Crippen LogP contribution in [0.25, 0.3) is 0 Å². The predicted molar refractivity (Wildman–Crippen MR) is 59.0 cm³/mol. The van der Waals surface area contributed by atoms with Crippen molar-refractivity contribution in [1.82, 2.24) is 15.1 Å². The quantitative estimate of drug-likeness (QED) is 0.635. The summed E-state index contributed by atoms with van der Waals surface area (Å²) in [6.45, 7) is 4.18. The maximum Gasteiger partial charge on any atom is 0.322 e. The van der Waals surface area contributed by atoms with E-state index in [0.717, 1.165) is 32.6 Å². The minimum Gasteiger partial charge on any atom is -0.480 e. The van der Waals surface area contributed by atoms with E-state index in [0.29, 0.717) is 6.54 Å². The van der Waals surface area contributed by atoms with Crippen molar-refractivity contribution in [3.05, 3.63) is 0 Å². The summed E-state index contributed by atoms with van der Waals surface area (Å²) in [5.74, 6) is -0.716. The summed E-state index contributed by atoms with van der Waals surface area (Å²) >= 11 is 0. The fraction of sp³-hybridized carbons (Fsp3) is 0.900. The van der Waals surface area contributed by atoms with Gasteiger partial charge >= 0.3 is 5.97 Å². The van der Waals surface area contributed by atoms with E-state index in [1.54, 1.807) is 0 Å². The van der Waals surface area contributed by atoms with Crippen LogP contribution in [-0.4, -0.2) is 73.7 Å². The zero-order valence-electron chi connectivity index (χ0n) is 9.57. The molecular weight excluding hydrogens is 194 g/mol. The van der Waals surface area contributed by atoms with Gasteiger partial charge in [-0.25, -0.2) is 0 Å². The Morgan fingerprint density at radius 2 is 2.33 bits per heavy atom. The molecule has 5 nitrogen and oxygen atoms in total. The van der Waals surface area contributed by atoms with Gasteiger partial charge in [-0.3, -0.25) is 9.69 Å². The number of hydrogen-bond donors (Lipinski definition) is 2. The van der Waals surface area contributed by atoms with Gasteiger partial charge in [0, 0.05) is 26.2 Å². The summed E-state index contributed by atoms with van der Waals surface area (Å²) in [7, 11) is 4.07. The van der Waals surface area contributed by atoms with Crippen molar-refractivity contribution in [3.63, 3.8) is 0 Å². The highest BCUT2D eigenvalue weighted by molar-refractivity contribution is 5.73.